The molecule has 1 aliphatic carbocycles. The Kier molecular flexibility index (Phi) is 5.36. The van der Waals surface area contributed by atoms with E-state index in [1.165, 1.54) is 7.11 Å². The van der Waals surface area contributed by atoms with Crippen LogP contribution in [0, 0.1) is 12.8 Å². The van der Waals surface area contributed by atoms with Crippen molar-refractivity contribution in [3.8, 4) is 0 Å². The fourth-order valence-electron chi connectivity index (χ4n) is 2.84. The molecule has 2 rings (SSSR count). The van der Waals surface area contributed by atoms with Gasteiger partial charge in [-0.2, -0.15) is 0 Å². The molecule has 0 saturated heterocycles. The number of rotatable bonds is 4. The van der Waals surface area contributed by atoms with Gasteiger partial charge in [-0.1, -0.05) is 24.4 Å². The van der Waals surface area contributed by atoms with Crippen molar-refractivity contribution in [2.45, 2.75) is 51.5 Å². The first-order chi connectivity index (χ1) is 10.1. The Morgan fingerprint density at radius 3 is 2.81 bits per heavy atom. The molecule has 1 aromatic rings. The van der Waals surface area contributed by atoms with E-state index in [4.69, 9.17) is 9.26 Å². The number of ether oxygens (including phenoxy) is 1. The fraction of sp³-hybridized carbons (Fsp3) is 0.667. The molecule has 1 heterocycles. The molecule has 2 atom stereocenters. The van der Waals surface area contributed by atoms with Gasteiger partial charge < -0.3 is 14.6 Å². The van der Waals surface area contributed by atoms with E-state index in [-0.39, 0.29) is 30.3 Å². The van der Waals surface area contributed by atoms with Crippen LogP contribution in [0.5, 0.6) is 0 Å². The Morgan fingerprint density at radius 1 is 1.38 bits per heavy atom. The zero-order valence-corrected chi connectivity index (χ0v) is 12.6. The molecule has 0 radical (unpaired) electrons. The van der Waals surface area contributed by atoms with Gasteiger partial charge in [0.15, 0.2) is 0 Å². The number of nitrogens with one attached hydrogen (secondary N) is 1. The molecule has 0 unspecified atom stereocenters. The quantitative estimate of drug-likeness (QED) is 0.676. The molecule has 21 heavy (non-hydrogen) atoms. The van der Waals surface area contributed by atoms with Crippen LogP contribution in [-0.2, 0) is 20.7 Å². The molecule has 6 heteroatoms. The van der Waals surface area contributed by atoms with E-state index in [1.807, 2.05) is 0 Å². The molecule has 0 spiro atoms. The number of methoxy groups -OCH3 is 1. The van der Waals surface area contributed by atoms with Crippen LogP contribution in [0.2, 0.25) is 0 Å². The third-order valence-electron chi connectivity index (χ3n) is 3.88. The van der Waals surface area contributed by atoms with E-state index in [1.54, 1.807) is 13.0 Å². The zero-order valence-electron chi connectivity index (χ0n) is 12.6. The largest absolute Gasteiger partial charge is 0.469 e. The van der Waals surface area contributed by atoms with Crippen molar-refractivity contribution in [2.24, 2.45) is 5.92 Å². The summed E-state index contributed by atoms with van der Waals surface area (Å²) < 4.78 is 9.81. The molecular weight excluding hydrogens is 272 g/mol. The third-order valence-corrected chi connectivity index (χ3v) is 3.88. The number of esters is 1. The van der Waals surface area contributed by atoms with Gasteiger partial charge >= 0.3 is 5.97 Å². The van der Waals surface area contributed by atoms with Gasteiger partial charge in [-0.3, -0.25) is 9.59 Å². The van der Waals surface area contributed by atoms with Gasteiger partial charge in [0.2, 0.25) is 5.91 Å². The van der Waals surface area contributed by atoms with E-state index in [0.29, 0.717) is 11.5 Å². The predicted octanol–water partition coefficient (Wildman–Crippen LogP) is 1.76. The van der Waals surface area contributed by atoms with Crippen molar-refractivity contribution in [2.75, 3.05) is 7.11 Å². The highest BCUT2D eigenvalue weighted by atomic mass is 16.5. The van der Waals surface area contributed by atoms with Crippen LogP contribution in [0.25, 0.3) is 0 Å². The first kappa shape index (κ1) is 15.5. The number of hydrogen-bond acceptors (Lipinski definition) is 5. The van der Waals surface area contributed by atoms with E-state index < -0.39 is 0 Å². The van der Waals surface area contributed by atoms with Gasteiger partial charge in [0.1, 0.15) is 5.76 Å². The number of carbonyl (C=O) groups is 2. The van der Waals surface area contributed by atoms with Crippen LogP contribution < -0.4 is 5.32 Å². The number of carbonyl (C=O) groups excluding carboxylic acids is 2. The summed E-state index contributed by atoms with van der Waals surface area (Å²) in [6.45, 7) is 1.78. The van der Waals surface area contributed by atoms with Crippen LogP contribution in [0.15, 0.2) is 10.6 Å². The Labute approximate surface area is 124 Å². The molecule has 0 bridgehead atoms. The highest BCUT2D eigenvalue weighted by molar-refractivity contribution is 5.80. The Bertz CT molecular complexity index is 498. The molecule has 1 saturated carbocycles. The third kappa shape index (κ3) is 4.31. The topological polar surface area (TPSA) is 81.4 Å². The summed E-state index contributed by atoms with van der Waals surface area (Å²) >= 11 is 0. The molecule has 0 aromatic carbocycles. The Hall–Kier alpha value is -1.85. The maximum absolute atomic E-state index is 12.1. The monoisotopic (exact) mass is 294 g/mol. The minimum absolute atomic E-state index is 0.135. The SMILES string of the molecule is COC(=O)[C@@H]1CCCCC[C@H]1NC(=O)Cc1cc(C)on1. The lowest BCUT2D eigenvalue weighted by Gasteiger charge is -2.23. The van der Waals surface area contributed by atoms with Crippen LogP contribution in [-0.4, -0.2) is 30.2 Å². The van der Waals surface area contributed by atoms with Crippen LogP contribution in [0.4, 0.5) is 0 Å². The van der Waals surface area contributed by atoms with Crippen molar-refractivity contribution in [1.29, 1.82) is 0 Å². The average molecular weight is 294 g/mol. The molecule has 1 aromatic heterocycles. The highest BCUT2D eigenvalue weighted by Crippen LogP contribution is 2.24. The lowest BCUT2D eigenvalue weighted by Crippen LogP contribution is -2.43. The summed E-state index contributed by atoms with van der Waals surface area (Å²) in [6.07, 6.45) is 4.84. The maximum Gasteiger partial charge on any atom is 0.310 e. The van der Waals surface area contributed by atoms with Gasteiger partial charge in [0.05, 0.1) is 25.1 Å². The smallest absolute Gasteiger partial charge is 0.310 e. The van der Waals surface area contributed by atoms with Crippen molar-refractivity contribution < 1.29 is 18.8 Å². The minimum atomic E-state index is -0.250. The molecule has 1 aliphatic rings. The van der Waals surface area contributed by atoms with Gasteiger partial charge in [0, 0.05) is 12.1 Å². The molecule has 1 fully saturated rings. The van der Waals surface area contributed by atoms with Gasteiger partial charge in [0.25, 0.3) is 0 Å². The molecule has 1 amide bonds. The van der Waals surface area contributed by atoms with Gasteiger partial charge in [-0.05, 0) is 19.8 Å². The maximum atomic E-state index is 12.1. The second-order valence-corrected chi connectivity index (χ2v) is 5.55. The van der Waals surface area contributed by atoms with E-state index in [2.05, 4.69) is 10.5 Å². The molecule has 1 N–H and O–H groups in total. The van der Waals surface area contributed by atoms with Gasteiger partial charge in [-0.25, -0.2) is 0 Å². The number of amides is 1. The second-order valence-electron chi connectivity index (χ2n) is 5.55. The van der Waals surface area contributed by atoms with Crippen LogP contribution >= 0.6 is 0 Å². The summed E-state index contributed by atoms with van der Waals surface area (Å²) in [5, 5.41) is 6.77. The Morgan fingerprint density at radius 2 is 2.14 bits per heavy atom. The number of hydrogen-bond donors (Lipinski definition) is 1. The van der Waals surface area contributed by atoms with Crippen molar-refractivity contribution in [1.82, 2.24) is 10.5 Å². The standard InChI is InChI=1S/C15H22N2O4/c1-10-8-11(17-21-10)9-14(18)16-13-7-5-3-4-6-12(13)15(19)20-2/h8,12-13H,3-7,9H2,1-2H3,(H,16,18)/t12-,13-/m1/s1. The summed E-state index contributed by atoms with van der Waals surface area (Å²) in [7, 11) is 1.39. The highest BCUT2D eigenvalue weighted by Gasteiger charge is 2.31. The molecule has 116 valence electrons. The second kappa shape index (κ2) is 7.24. The number of aromatic nitrogens is 1. The minimum Gasteiger partial charge on any atom is -0.469 e. The summed E-state index contributed by atoms with van der Waals surface area (Å²) in [5.41, 5.74) is 0.605. The van der Waals surface area contributed by atoms with Crippen LogP contribution in [0.1, 0.15) is 43.6 Å². The van der Waals surface area contributed by atoms with E-state index in [9.17, 15) is 9.59 Å². The average Bonchev–Trinajstić information content (AvgIpc) is 2.72. The molecule has 0 aliphatic heterocycles. The zero-order chi connectivity index (χ0) is 15.2. The lowest BCUT2D eigenvalue weighted by molar-refractivity contribution is -0.147. The van der Waals surface area contributed by atoms with E-state index >= 15 is 0 Å². The first-order valence-corrected chi connectivity index (χ1v) is 7.39. The van der Waals surface area contributed by atoms with Crippen LogP contribution in [0.3, 0.4) is 0 Å². The van der Waals surface area contributed by atoms with E-state index in [0.717, 1.165) is 32.1 Å². The molecular formula is C15H22N2O4. The predicted molar refractivity (Wildman–Crippen MR) is 75.5 cm³/mol. The molecule has 6 nitrogen and oxygen atoms in total. The number of aryl methyl sites for hydroxylation is 1. The van der Waals surface area contributed by atoms with Crippen molar-refractivity contribution >= 4 is 11.9 Å². The van der Waals surface area contributed by atoms with Crippen molar-refractivity contribution in [3.05, 3.63) is 17.5 Å². The normalized spacial score (nSPS) is 22.4. The summed E-state index contributed by atoms with van der Waals surface area (Å²) in [6, 6.07) is 1.59. The fourth-order valence-corrected chi connectivity index (χ4v) is 2.84. The lowest BCUT2D eigenvalue weighted by atomic mass is 9.94. The van der Waals surface area contributed by atoms with Crippen molar-refractivity contribution in [3.63, 3.8) is 0 Å². The Balaban J connectivity index is 1.96. The summed E-state index contributed by atoms with van der Waals surface area (Å²) in [4.78, 5) is 24.0. The number of nitrogens with zero attached hydrogens (tertiary/aromatic N) is 1. The summed E-state index contributed by atoms with van der Waals surface area (Å²) in [5.74, 6) is 0.0591. The first-order valence-electron chi connectivity index (χ1n) is 7.39. The van der Waals surface area contributed by atoms with Gasteiger partial charge in [-0.15, -0.1) is 0 Å².